The van der Waals surface area contributed by atoms with Gasteiger partial charge in [0.05, 0.1) is 0 Å². The van der Waals surface area contributed by atoms with Crippen LogP contribution in [0.1, 0.15) is 13.3 Å². The van der Waals surface area contributed by atoms with Crippen molar-refractivity contribution in [3.63, 3.8) is 0 Å². The zero-order valence-electron chi connectivity index (χ0n) is 8.62. The van der Waals surface area contributed by atoms with Crippen LogP contribution >= 0.6 is 11.8 Å². The van der Waals surface area contributed by atoms with E-state index in [0.29, 0.717) is 0 Å². The fourth-order valence-corrected chi connectivity index (χ4v) is 1.83. The highest BCUT2D eigenvalue weighted by molar-refractivity contribution is 7.99. The van der Waals surface area contributed by atoms with Crippen LogP contribution in [0.4, 0.5) is 5.69 Å². The molecule has 0 fully saturated rings. The van der Waals surface area contributed by atoms with E-state index < -0.39 is 0 Å². The van der Waals surface area contributed by atoms with Crippen LogP contribution in [0, 0.1) is 0 Å². The summed E-state index contributed by atoms with van der Waals surface area (Å²) >= 11 is 1.86. The molecule has 0 saturated heterocycles. The molecule has 14 heavy (non-hydrogen) atoms. The van der Waals surface area contributed by atoms with Gasteiger partial charge in [-0.05, 0) is 43.0 Å². The minimum atomic E-state index is 0.747. The van der Waals surface area contributed by atoms with E-state index in [9.17, 15) is 0 Å². The number of nitrogens with one attached hydrogen (secondary N) is 1. The SMILES string of the molecule is CCSc1ccc(NCCCN)cc1. The quantitative estimate of drug-likeness (QED) is 0.560. The molecular weight excluding hydrogens is 192 g/mol. The minimum absolute atomic E-state index is 0.747. The Balaban J connectivity index is 2.38. The normalized spacial score (nSPS) is 10.1. The zero-order chi connectivity index (χ0) is 10.2. The van der Waals surface area contributed by atoms with Gasteiger partial charge in [-0.25, -0.2) is 0 Å². The molecule has 3 N–H and O–H groups in total. The molecule has 0 unspecified atom stereocenters. The number of nitrogens with two attached hydrogens (primary N) is 1. The van der Waals surface area contributed by atoms with Crippen LogP contribution in [-0.2, 0) is 0 Å². The van der Waals surface area contributed by atoms with Crippen LogP contribution in [-0.4, -0.2) is 18.8 Å². The third-order valence-corrected chi connectivity index (χ3v) is 2.77. The molecule has 2 nitrogen and oxygen atoms in total. The van der Waals surface area contributed by atoms with Gasteiger partial charge in [-0.15, -0.1) is 11.8 Å². The van der Waals surface area contributed by atoms with Crippen LogP contribution in [0.3, 0.4) is 0 Å². The Hall–Kier alpha value is -0.670. The molecule has 0 heterocycles. The molecule has 78 valence electrons. The molecule has 0 atom stereocenters. The molecule has 1 rings (SSSR count). The Kier molecular flexibility index (Phi) is 5.49. The van der Waals surface area contributed by atoms with Crippen molar-refractivity contribution in [3.05, 3.63) is 24.3 Å². The van der Waals surface area contributed by atoms with Gasteiger partial charge >= 0.3 is 0 Å². The van der Waals surface area contributed by atoms with Crippen LogP contribution in [0.2, 0.25) is 0 Å². The molecule has 0 aromatic heterocycles. The molecule has 1 aromatic carbocycles. The summed E-state index contributed by atoms with van der Waals surface area (Å²) in [5, 5.41) is 3.33. The maximum absolute atomic E-state index is 5.41. The van der Waals surface area contributed by atoms with Crippen molar-refractivity contribution in [2.75, 3.05) is 24.2 Å². The van der Waals surface area contributed by atoms with Crippen molar-refractivity contribution in [1.29, 1.82) is 0 Å². The Bertz CT molecular complexity index is 246. The predicted octanol–water partition coefficient (Wildman–Crippen LogP) is 2.56. The third-order valence-electron chi connectivity index (χ3n) is 1.88. The highest BCUT2D eigenvalue weighted by atomic mass is 32.2. The maximum atomic E-state index is 5.41. The summed E-state index contributed by atoms with van der Waals surface area (Å²) in [6.07, 6.45) is 1.02. The molecule has 0 spiro atoms. The number of hydrogen-bond donors (Lipinski definition) is 2. The Morgan fingerprint density at radius 1 is 1.29 bits per heavy atom. The van der Waals surface area contributed by atoms with Crippen molar-refractivity contribution in [3.8, 4) is 0 Å². The molecular formula is C11H18N2S. The van der Waals surface area contributed by atoms with Crippen LogP contribution in [0.5, 0.6) is 0 Å². The van der Waals surface area contributed by atoms with E-state index in [4.69, 9.17) is 5.73 Å². The van der Waals surface area contributed by atoms with Crippen molar-refractivity contribution >= 4 is 17.4 Å². The molecule has 0 bridgehead atoms. The molecule has 0 aliphatic rings. The fourth-order valence-electron chi connectivity index (χ4n) is 1.17. The average Bonchev–Trinajstić information content (AvgIpc) is 2.21. The van der Waals surface area contributed by atoms with E-state index in [0.717, 1.165) is 25.3 Å². The first-order chi connectivity index (χ1) is 6.86. The summed E-state index contributed by atoms with van der Waals surface area (Å²) < 4.78 is 0. The van der Waals surface area contributed by atoms with Gasteiger partial charge in [0, 0.05) is 17.1 Å². The first-order valence-corrected chi connectivity index (χ1v) is 6.02. The number of thioether (sulfide) groups is 1. The molecule has 3 heteroatoms. The summed E-state index contributed by atoms with van der Waals surface area (Å²) in [7, 11) is 0. The summed E-state index contributed by atoms with van der Waals surface area (Å²) in [6.45, 7) is 3.87. The second-order valence-electron chi connectivity index (χ2n) is 3.03. The maximum Gasteiger partial charge on any atom is 0.0340 e. The lowest BCUT2D eigenvalue weighted by Crippen LogP contribution is -2.08. The van der Waals surface area contributed by atoms with Gasteiger partial charge in [0.1, 0.15) is 0 Å². The second-order valence-corrected chi connectivity index (χ2v) is 4.36. The first-order valence-electron chi connectivity index (χ1n) is 5.03. The van der Waals surface area contributed by atoms with Gasteiger partial charge < -0.3 is 11.1 Å². The van der Waals surface area contributed by atoms with Gasteiger partial charge in [0.25, 0.3) is 0 Å². The molecule has 0 aliphatic heterocycles. The minimum Gasteiger partial charge on any atom is -0.385 e. The monoisotopic (exact) mass is 210 g/mol. The molecule has 0 radical (unpaired) electrons. The zero-order valence-corrected chi connectivity index (χ0v) is 9.44. The second kappa shape index (κ2) is 6.74. The lowest BCUT2D eigenvalue weighted by Gasteiger charge is -2.05. The van der Waals surface area contributed by atoms with Gasteiger partial charge in [-0.2, -0.15) is 0 Å². The van der Waals surface area contributed by atoms with E-state index in [2.05, 4.69) is 36.5 Å². The Morgan fingerprint density at radius 3 is 2.57 bits per heavy atom. The first kappa shape index (κ1) is 11.4. The highest BCUT2D eigenvalue weighted by Gasteiger charge is 1.93. The van der Waals surface area contributed by atoms with Crippen LogP contribution in [0.15, 0.2) is 29.2 Å². The predicted molar refractivity (Wildman–Crippen MR) is 65.0 cm³/mol. The average molecular weight is 210 g/mol. The third kappa shape index (κ3) is 4.03. The van der Waals surface area contributed by atoms with Gasteiger partial charge in [0.15, 0.2) is 0 Å². The topological polar surface area (TPSA) is 38.0 Å². The van der Waals surface area contributed by atoms with E-state index >= 15 is 0 Å². The van der Waals surface area contributed by atoms with E-state index in [1.165, 1.54) is 10.6 Å². The summed E-state index contributed by atoms with van der Waals surface area (Å²) in [6, 6.07) is 8.54. The largest absolute Gasteiger partial charge is 0.385 e. The van der Waals surface area contributed by atoms with Crippen LogP contribution < -0.4 is 11.1 Å². The van der Waals surface area contributed by atoms with Gasteiger partial charge in [-0.1, -0.05) is 6.92 Å². The lowest BCUT2D eigenvalue weighted by atomic mass is 10.3. The Labute approximate surface area is 90.3 Å². The number of rotatable bonds is 6. The summed E-state index contributed by atoms with van der Waals surface area (Å²) in [5.41, 5.74) is 6.59. The van der Waals surface area contributed by atoms with E-state index in [1.54, 1.807) is 0 Å². The number of hydrogen-bond acceptors (Lipinski definition) is 3. The van der Waals surface area contributed by atoms with Gasteiger partial charge in [0.2, 0.25) is 0 Å². The number of benzene rings is 1. The standard InChI is InChI=1S/C11H18N2S/c1-2-14-11-6-4-10(5-7-11)13-9-3-8-12/h4-7,13H,2-3,8-9,12H2,1H3. The molecule has 1 aromatic rings. The highest BCUT2D eigenvalue weighted by Crippen LogP contribution is 2.19. The van der Waals surface area contributed by atoms with Crippen molar-refractivity contribution in [2.24, 2.45) is 5.73 Å². The molecule has 0 amide bonds. The van der Waals surface area contributed by atoms with E-state index in [-0.39, 0.29) is 0 Å². The Morgan fingerprint density at radius 2 is 2.00 bits per heavy atom. The smallest absolute Gasteiger partial charge is 0.0340 e. The molecule has 0 saturated carbocycles. The van der Waals surface area contributed by atoms with Crippen molar-refractivity contribution < 1.29 is 0 Å². The van der Waals surface area contributed by atoms with Gasteiger partial charge in [-0.3, -0.25) is 0 Å². The summed E-state index contributed by atoms with van der Waals surface area (Å²) in [4.78, 5) is 1.33. The summed E-state index contributed by atoms with van der Waals surface area (Å²) in [5.74, 6) is 1.12. The lowest BCUT2D eigenvalue weighted by molar-refractivity contribution is 0.874. The fraction of sp³-hybridized carbons (Fsp3) is 0.455. The van der Waals surface area contributed by atoms with Crippen molar-refractivity contribution in [1.82, 2.24) is 0 Å². The number of anilines is 1. The van der Waals surface area contributed by atoms with E-state index in [1.807, 2.05) is 11.8 Å². The van der Waals surface area contributed by atoms with Crippen LogP contribution in [0.25, 0.3) is 0 Å². The van der Waals surface area contributed by atoms with Crippen molar-refractivity contribution in [2.45, 2.75) is 18.2 Å². The molecule has 0 aliphatic carbocycles.